The molecule has 0 fully saturated rings. The summed E-state index contributed by atoms with van der Waals surface area (Å²) in [5, 5.41) is 3.25. The van der Waals surface area contributed by atoms with Crippen molar-refractivity contribution in [3.05, 3.63) is 29.8 Å². The van der Waals surface area contributed by atoms with E-state index in [9.17, 15) is 8.78 Å². The van der Waals surface area contributed by atoms with Crippen molar-refractivity contribution in [2.45, 2.75) is 26.5 Å². The molecule has 0 aromatic heterocycles. The van der Waals surface area contributed by atoms with Crippen LogP contribution in [-0.4, -0.2) is 26.4 Å². The van der Waals surface area contributed by atoms with Crippen LogP contribution >= 0.6 is 0 Å². The van der Waals surface area contributed by atoms with Crippen LogP contribution < -0.4 is 10.1 Å². The van der Waals surface area contributed by atoms with Crippen LogP contribution in [0.15, 0.2) is 24.3 Å². The topological polar surface area (TPSA) is 30.5 Å². The number of halogens is 2. The van der Waals surface area contributed by atoms with Crippen molar-refractivity contribution >= 4 is 0 Å². The lowest BCUT2D eigenvalue weighted by Gasteiger charge is -2.18. The van der Waals surface area contributed by atoms with Crippen molar-refractivity contribution in [1.29, 1.82) is 0 Å². The molecule has 5 heteroatoms. The molecular weight excluding hydrogens is 240 g/mol. The summed E-state index contributed by atoms with van der Waals surface area (Å²) in [7, 11) is 0. The van der Waals surface area contributed by atoms with Crippen LogP contribution in [0.4, 0.5) is 8.78 Å². The fourth-order valence-electron chi connectivity index (χ4n) is 1.66. The third-order valence-electron chi connectivity index (χ3n) is 2.42. The lowest BCUT2D eigenvalue weighted by molar-refractivity contribution is -0.0499. The second-order valence-corrected chi connectivity index (χ2v) is 3.72. The van der Waals surface area contributed by atoms with E-state index < -0.39 is 6.61 Å². The fourth-order valence-corrected chi connectivity index (χ4v) is 1.66. The van der Waals surface area contributed by atoms with Gasteiger partial charge in [0.2, 0.25) is 0 Å². The Hall–Kier alpha value is -1.20. The molecule has 1 atom stereocenters. The summed E-state index contributed by atoms with van der Waals surface area (Å²) in [6.07, 6.45) is 0. The van der Waals surface area contributed by atoms with E-state index in [1.54, 1.807) is 12.1 Å². The second kappa shape index (κ2) is 8.00. The van der Waals surface area contributed by atoms with Gasteiger partial charge in [-0.15, -0.1) is 0 Å². The van der Waals surface area contributed by atoms with Gasteiger partial charge in [0, 0.05) is 6.61 Å². The van der Waals surface area contributed by atoms with Gasteiger partial charge in [-0.2, -0.15) is 8.78 Å². The molecule has 0 spiro atoms. The van der Waals surface area contributed by atoms with Crippen molar-refractivity contribution in [3.8, 4) is 5.75 Å². The molecule has 0 aliphatic rings. The summed E-state index contributed by atoms with van der Waals surface area (Å²) in [5.41, 5.74) is 0.878. The monoisotopic (exact) mass is 259 g/mol. The van der Waals surface area contributed by atoms with Crippen LogP contribution in [-0.2, 0) is 4.74 Å². The number of alkyl halides is 2. The van der Waals surface area contributed by atoms with Gasteiger partial charge in [0.1, 0.15) is 5.75 Å². The standard InChI is InChI=1S/C13H19F2NO2/c1-3-16-12(9-17-4-2)10-6-5-7-11(8-10)18-13(14)15/h5-8,12-13,16H,3-4,9H2,1-2H3. The number of benzene rings is 1. The number of nitrogens with one attached hydrogen (secondary N) is 1. The van der Waals surface area contributed by atoms with Gasteiger partial charge in [-0.25, -0.2) is 0 Å². The third-order valence-corrected chi connectivity index (χ3v) is 2.42. The predicted octanol–water partition coefficient (Wildman–Crippen LogP) is 2.98. The first kappa shape index (κ1) is 14.9. The van der Waals surface area contributed by atoms with Gasteiger partial charge in [0.25, 0.3) is 0 Å². The van der Waals surface area contributed by atoms with E-state index in [4.69, 9.17) is 4.74 Å². The SMILES string of the molecule is CCNC(COCC)c1cccc(OC(F)F)c1. The van der Waals surface area contributed by atoms with Gasteiger partial charge in [0.15, 0.2) is 0 Å². The van der Waals surface area contributed by atoms with Gasteiger partial charge in [0.05, 0.1) is 12.6 Å². The summed E-state index contributed by atoms with van der Waals surface area (Å²) in [4.78, 5) is 0. The predicted molar refractivity (Wildman–Crippen MR) is 66.0 cm³/mol. The molecule has 0 amide bonds. The molecule has 18 heavy (non-hydrogen) atoms. The van der Waals surface area contributed by atoms with Crippen LogP contribution in [0.5, 0.6) is 5.75 Å². The Morgan fingerprint density at radius 1 is 1.28 bits per heavy atom. The Balaban J connectivity index is 2.76. The summed E-state index contributed by atoms with van der Waals surface area (Å²) >= 11 is 0. The maximum Gasteiger partial charge on any atom is 0.387 e. The van der Waals surface area contributed by atoms with Crippen molar-refractivity contribution in [2.24, 2.45) is 0 Å². The largest absolute Gasteiger partial charge is 0.435 e. The summed E-state index contributed by atoms with van der Waals surface area (Å²) < 4.78 is 34.0. The molecule has 1 rings (SSSR count). The molecule has 1 aromatic carbocycles. The number of hydrogen-bond donors (Lipinski definition) is 1. The quantitative estimate of drug-likeness (QED) is 0.778. The van der Waals surface area contributed by atoms with Crippen LogP contribution in [0.25, 0.3) is 0 Å². The Bertz CT molecular complexity index is 348. The molecule has 1 unspecified atom stereocenters. The Morgan fingerprint density at radius 3 is 2.67 bits per heavy atom. The van der Waals surface area contributed by atoms with Gasteiger partial charge >= 0.3 is 6.61 Å². The van der Waals surface area contributed by atoms with E-state index in [1.807, 2.05) is 19.9 Å². The number of hydrogen-bond acceptors (Lipinski definition) is 3. The zero-order chi connectivity index (χ0) is 13.4. The highest BCUT2D eigenvalue weighted by Crippen LogP contribution is 2.21. The smallest absolute Gasteiger partial charge is 0.387 e. The molecule has 102 valence electrons. The van der Waals surface area contributed by atoms with Gasteiger partial charge in [-0.1, -0.05) is 19.1 Å². The molecule has 0 radical (unpaired) electrons. The molecule has 3 nitrogen and oxygen atoms in total. The zero-order valence-corrected chi connectivity index (χ0v) is 10.7. The zero-order valence-electron chi connectivity index (χ0n) is 10.7. The number of ether oxygens (including phenoxy) is 2. The highest BCUT2D eigenvalue weighted by molar-refractivity contribution is 5.30. The minimum Gasteiger partial charge on any atom is -0.435 e. The number of rotatable bonds is 8. The van der Waals surface area contributed by atoms with Crippen LogP contribution in [0.1, 0.15) is 25.5 Å². The second-order valence-electron chi connectivity index (χ2n) is 3.72. The van der Waals surface area contributed by atoms with E-state index >= 15 is 0 Å². The first-order valence-electron chi connectivity index (χ1n) is 6.03. The van der Waals surface area contributed by atoms with E-state index in [0.717, 1.165) is 12.1 Å². The molecule has 0 bridgehead atoms. The van der Waals surface area contributed by atoms with E-state index in [2.05, 4.69) is 10.1 Å². The molecular formula is C13H19F2NO2. The summed E-state index contributed by atoms with van der Waals surface area (Å²) in [6, 6.07) is 6.67. The van der Waals surface area contributed by atoms with Gasteiger partial charge in [-0.3, -0.25) is 0 Å². The minimum atomic E-state index is -2.80. The van der Waals surface area contributed by atoms with Gasteiger partial charge in [-0.05, 0) is 31.2 Å². The molecule has 0 saturated heterocycles. The average molecular weight is 259 g/mol. The lowest BCUT2D eigenvalue weighted by Crippen LogP contribution is -2.25. The summed E-state index contributed by atoms with van der Waals surface area (Å²) in [6.45, 7) is 3.00. The molecule has 0 aliphatic heterocycles. The highest BCUT2D eigenvalue weighted by Gasteiger charge is 2.12. The third kappa shape index (κ3) is 4.98. The minimum absolute atomic E-state index is 0.0174. The first-order chi connectivity index (χ1) is 8.67. The van der Waals surface area contributed by atoms with Crippen molar-refractivity contribution in [3.63, 3.8) is 0 Å². The Labute approximate surface area is 106 Å². The Morgan fingerprint density at radius 2 is 2.06 bits per heavy atom. The maximum atomic E-state index is 12.1. The Kier molecular flexibility index (Phi) is 6.60. The molecule has 0 heterocycles. The first-order valence-corrected chi connectivity index (χ1v) is 6.03. The number of likely N-dealkylation sites (N-methyl/N-ethyl adjacent to an activating group) is 1. The van der Waals surface area contributed by atoms with Crippen LogP contribution in [0.2, 0.25) is 0 Å². The van der Waals surface area contributed by atoms with E-state index in [0.29, 0.717) is 13.2 Å². The lowest BCUT2D eigenvalue weighted by atomic mass is 10.1. The summed E-state index contributed by atoms with van der Waals surface area (Å²) in [5.74, 6) is 0.168. The van der Waals surface area contributed by atoms with Crippen LogP contribution in [0.3, 0.4) is 0 Å². The fraction of sp³-hybridized carbons (Fsp3) is 0.538. The maximum absolute atomic E-state index is 12.1. The highest BCUT2D eigenvalue weighted by atomic mass is 19.3. The molecule has 1 aromatic rings. The van der Waals surface area contributed by atoms with Crippen molar-refractivity contribution in [2.75, 3.05) is 19.8 Å². The average Bonchev–Trinajstić information content (AvgIpc) is 2.34. The van der Waals surface area contributed by atoms with Crippen LogP contribution in [0, 0.1) is 0 Å². The molecule has 1 N–H and O–H groups in total. The molecule has 0 aliphatic carbocycles. The van der Waals surface area contributed by atoms with Crippen molar-refractivity contribution < 1.29 is 18.3 Å². The normalized spacial score (nSPS) is 12.7. The van der Waals surface area contributed by atoms with E-state index in [1.165, 1.54) is 6.07 Å². The van der Waals surface area contributed by atoms with Crippen molar-refractivity contribution in [1.82, 2.24) is 5.32 Å². The van der Waals surface area contributed by atoms with E-state index in [-0.39, 0.29) is 11.8 Å². The van der Waals surface area contributed by atoms with Gasteiger partial charge < -0.3 is 14.8 Å². The molecule has 0 saturated carbocycles.